The minimum absolute atomic E-state index is 0.0364. The van der Waals surface area contributed by atoms with Gasteiger partial charge < -0.3 is 5.73 Å². The van der Waals surface area contributed by atoms with Crippen molar-refractivity contribution in [2.24, 2.45) is 0 Å². The van der Waals surface area contributed by atoms with E-state index in [4.69, 9.17) is 5.73 Å². The Balaban J connectivity index is 2.68. The van der Waals surface area contributed by atoms with Crippen LogP contribution in [-0.4, -0.2) is 19.9 Å². The average molecular weight is 326 g/mol. The fourth-order valence-electron chi connectivity index (χ4n) is 1.85. The van der Waals surface area contributed by atoms with E-state index < -0.39 is 4.92 Å². The summed E-state index contributed by atoms with van der Waals surface area (Å²) >= 11 is 3.39. The molecule has 0 radical (unpaired) electrons. The summed E-state index contributed by atoms with van der Waals surface area (Å²) in [5.74, 6) is 0.331. The number of anilines is 1. The predicted octanol–water partition coefficient (Wildman–Crippen LogP) is 2.39. The highest BCUT2D eigenvalue weighted by molar-refractivity contribution is 9.10. The highest BCUT2D eigenvalue weighted by Crippen LogP contribution is 2.30. The zero-order chi connectivity index (χ0) is 14.2. The first kappa shape index (κ1) is 13.5. The molecule has 0 atom stereocenters. The van der Waals surface area contributed by atoms with E-state index in [1.807, 2.05) is 6.92 Å². The number of rotatable bonds is 3. The van der Waals surface area contributed by atoms with Gasteiger partial charge in [0.2, 0.25) is 0 Å². The maximum Gasteiger partial charge on any atom is 0.274 e. The van der Waals surface area contributed by atoms with E-state index in [1.54, 1.807) is 13.0 Å². The highest BCUT2D eigenvalue weighted by Gasteiger charge is 2.18. The Morgan fingerprint density at radius 3 is 2.79 bits per heavy atom. The molecule has 2 rings (SSSR count). The molecule has 0 aliphatic rings. The first-order valence-electron chi connectivity index (χ1n) is 5.60. The second kappa shape index (κ2) is 4.96. The summed E-state index contributed by atoms with van der Waals surface area (Å²) in [6.45, 7) is 3.60. The van der Waals surface area contributed by atoms with Gasteiger partial charge in [0.25, 0.3) is 5.69 Å². The summed E-state index contributed by atoms with van der Waals surface area (Å²) in [5, 5.41) is 18.7. The Bertz CT molecular complexity index is 653. The molecule has 2 N–H and O–H groups in total. The maximum atomic E-state index is 11.0. The molecule has 0 saturated heterocycles. The number of hydrogen-bond donors (Lipinski definition) is 1. The van der Waals surface area contributed by atoms with Crippen molar-refractivity contribution < 1.29 is 4.92 Å². The lowest BCUT2D eigenvalue weighted by Crippen LogP contribution is -2.05. The maximum absolute atomic E-state index is 11.0. The molecule has 8 heteroatoms. The van der Waals surface area contributed by atoms with Crippen LogP contribution in [0.1, 0.15) is 18.2 Å². The molecular weight excluding hydrogens is 314 g/mol. The van der Waals surface area contributed by atoms with Gasteiger partial charge in [-0.05, 0) is 35.3 Å². The van der Waals surface area contributed by atoms with E-state index in [0.717, 1.165) is 5.69 Å². The first-order chi connectivity index (χ1) is 8.95. The van der Waals surface area contributed by atoms with E-state index >= 15 is 0 Å². The van der Waals surface area contributed by atoms with Gasteiger partial charge in [-0.3, -0.25) is 10.1 Å². The molecule has 0 unspecified atom stereocenters. The Morgan fingerprint density at radius 2 is 2.21 bits per heavy atom. The van der Waals surface area contributed by atoms with E-state index in [1.165, 1.54) is 10.7 Å². The third-order valence-electron chi connectivity index (χ3n) is 2.82. The van der Waals surface area contributed by atoms with Crippen molar-refractivity contribution >= 4 is 27.4 Å². The van der Waals surface area contributed by atoms with E-state index in [-0.39, 0.29) is 5.69 Å². The quantitative estimate of drug-likeness (QED) is 0.689. The van der Waals surface area contributed by atoms with Gasteiger partial charge in [-0.2, -0.15) is 0 Å². The molecule has 0 saturated carbocycles. The van der Waals surface area contributed by atoms with Gasteiger partial charge in [-0.25, -0.2) is 4.68 Å². The number of hydrogen-bond acceptors (Lipinski definition) is 5. The third-order valence-corrected chi connectivity index (χ3v) is 3.45. The summed E-state index contributed by atoms with van der Waals surface area (Å²) in [6.07, 6.45) is 0.632. The number of aromatic nitrogens is 3. The molecule has 19 heavy (non-hydrogen) atoms. The molecular formula is C11H12BrN5O2. The van der Waals surface area contributed by atoms with Gasteiger partial charge in [-0.1, -0.05) is 12.1 Å². The summed E-state index contributed by atoms with van der Waals surface area (Å²) in [6, 6.07) is 3.15. The van der Waals surface area contributed by atoms with Crippen molar-refractivity contribution in [1.82, 2.24) is 15.0 Å². The standard InChI is InChI=1S/C11H12BrN5O2/c1-3-8-11(13)14-15-16(8)10-5-9(17(18)19)6(2)4-7(10)12/h4-5H,3,13H2,1-2H3. The van der Waals surface area contributed by atoms with Crippen molar-refractivity contribution in [3.05, 3.63) is 38.0 Å². The second-order valence-corrected chi connectivity index (χ2v) is 4.89. The largest absolute Gasteiger partial charge is 0.381 e. The minimum Gasteiger partial charge on any atom is -0.381 e. The zero-order valence-electron chi connectivity index (χ0n) is 10.4. The summed E-state index contributed by atoms with van der Waals surface area (Å²) in [5.41, 5.74) is 7.61. The molecule has 0 spiro atoms. The highest BCUT2D eigenvalue weighted by atomic mass is 79.9. The van der Waals surface area contributed by atoms with Gasteiger partial charge in [0, 0.05) is 16.1 Å². The third kappa shape index (κ3) is 2.30. The average Bonchev–Trinajstić information content (AvgIpc) is 2.70. The lowest BCUT2D eigenvalue weighted by molar-refractivity contribution is -0.385. The number of nitrogens with zero attached hydrogens (tertiary/aromatic N) is 4. The van der Waals surface area contributed by atoms with Crippen LogP contribution in [-0.2, 0) is 6.42 Å². The van der Waals surface area contributed by atoms with Crippen LogP contribution in [0.4, 0.5) is 11.5 Å². The van der Waals surface area contributed by atoms with Gasteiger partial charge in [0.05, 0.1) is 16.3 Å². The Hall–Kier alpha value is -1.96. The van der Waals surface area contributed by atoms with Gasteiger partial charge >= 0.3 is 0 Å². The van der Waals surface area contributed by atoms with E-state index in [0.29, 0.717) is 28.0 Å². The Morgan fingerprint density at radius 1 is 1.53 bits per heavy atom. The summed E-state index contributed by atoms with van der Waals surface area (Å²) in [4.78, 5) is 10.6. The molecule has 0 aliphatic carbocycles. The molecule has 0 bridgehead atoms. The summed E-state index contributed by atoms with van der Waals surface area (Å²) in [7, 11) is 0. The predicted molar refractivity (Wildman–Crippen MR) is 74.2 cm³/mol. The van der Waals surface area contributed by atoms with Gasteiger partial charge in [0.1, 0.15) is 0 Å². The topological polar surface area (TPSA) is 99.9 Å². The number of halogens is 1. The van der Waals surface area contributed by atoms with E-state index in [9.17, 15) is 10.1 Å². The smallest absolute Gasteiger partial charge is 0.274 e. The SMILES string of the molecule is CCc1c(N)nnn1-c1cc([N+](=O)[O-])c(C)cc1Br. The van der Waals surface area contributed by atoms with Crippen molar-refractivity contribution in [3.63, 3.8) is 0 Å². The van der Waals surface area contributed by atoms with Crippen molar-refractivity contribution in [2.75, 3.05) is 5.73 Å². The number of nitrogen functional groups attached to an aromatic ring is 1. The van der Waals surface area contributed by atoms with Crippen molar-refractivity contribution in [2.45, 2.75) is 20.3 Å². The molecule has 1 heterocycles. The molecule has 1 aromatic carbocycles. The van der Waals surface area contributed by atoms with Gasteiger partial charge in [-0.15, -0.1) is 5.10 Å². The number of aryl methyl sites for hydroxylation is 1. The number of nitrogens with two attached hydrogens (primary N) is 1. The first-order valence-corrected chi connectivity index (χ1v) is 6.40. The Labute approximate surface area is 117 Å². The lowest BCUT2D eigenvalue weighted by Gasteiger charge is -2.08. The number of benzene rings is 1. The van der Waals surface area contributed by atoms with Crippen LogP contribution >= 0.6 is 15.9 Å². The molecule has 2 aromatic rings. The summed E-state index contributed by atoms with van der Waals surface area (Å²) < 4.78 is 2.22. The van der Waals surface area contributed by atoms with Crippen LogP contribution in [0.15, 0.2) is 16.6 Å². The lowest BCUT2D eigenvalue weighted by atomic mass is 10.2. The monoisotopic (exact) mass is 325 g/mol. The van der Waals surface area contributed by atoms with Crippen molar-refractivity contribution in [1.29, 1.82) is 0 Å². The van der Waals surface area contributed by atoms with Crippen LogP contribution in [0.2, 0.25) is 0 Å². The van der Waals surface area contributed by atoms with Crippen LogP contribution < -0.4 is 5.73 Å². The molecule has 0 fully saturated rings. The normalized spacial score (nSPS) is 10.7. The van der Waals surface area contributed by atoms with Crippen LogP contribution in [0.3, 0.4) is 0 Å². The molecule has 0 amide bonds. The second-order valence-electron chi connectivity index (χ2n) is 4.03. The molecule has 100 valence electrons. The Kier molecular flexibility index (Phi) is 3.52. The van der Waals surface area contributed by atoms with Crippen LogP contribution in [0.25, 0.3) is 5.69 Å². The van der Waals surface area contributed by atoms with Gasteiger partial charge in [0.15, 0.2) is 5.82 Å². The van der Waals surface area contributed by atoms with Crippen LogP contribution in [0, 0.1) is 17.0 Å². The number of nitro groups is 1. The minimum atomic E-state index is -0.419. The molecule has 1 aromatic heterocycles. The number of nitro benzene ring substituents is 1. The van der Waals surface area contributed by atoms with E-state index in [2.05, 4.69) is 26.2 Å². The zero-order valence-corrected chi connectivity index (χ0v) is 12.0. The fourth-order valence-corrected chi connectivity index (χ4v) is 2.47. The molecule has 0 aliphatic heterocycles. The van der Waals surface area contributed by atoms with Crippen molar-refractivity contribution in [3.8, 4) is 5.69 Å². The molecule has 7 nitrogen and oxygen atoms in total. The fraction of sp³-hybridized carbons (Fsp3) is 0.273. The van der Waals surface area contributed by atoms with Crippen LogP contribution in [0.5, 0.6) is 0 Å².